The molecule has 0 saturated carbocycles. The van der Waals surface area contributed by atoms with E-state index in [2.05, 4.69) is 0 Å². The molecule has 0 atom stereocenters. The molecule has 2 rings (SSSR count). The third kappa shape index (κ3) is 3.58. The molecule has 5 heteroatoms. The highest BCUT2D eigenvalue weighted by Crippen LogP contribution is 2.30. The van der Waals surface area contributed by atoms with Gasteiger partial charge >= 0.3 is 5.97 Å². The van der Waals surface area contributed by atoms with Crippen LogP contribution in [0.4, 0.5) is 5.69 Å². The summed E-state index contributed by atoms with van der Waals surface area (Å²) in [5.74, 6) is -0.528. The smallest absolute Gasteiger partial charge is 0.331 e. The standard InChI is InChI=1S/C17H15NO4/c1-2-22-17(19)12-15(13-8-4-3-5-9-13)14-10-6-7-11-16(14)18(20)21/h3-12H,2H2,1H3/b15-12-. The maximum Gasteiger partial charge on any atom is 0.331 e. The molecule has 0 amide bonds. The highest BCUT2D eigenvalue weighted by atomic mass is 16.6. The van der Waals surface area contributed by atoms with Gasteiger partial charge in [0.05, 0.1) is 17.1 Å². The largest absolute Gasteiger partial charge is 0.463 e. The SMILES string of the molecule is CCOC(=O)/C=C(/c1ccccc1)c1ccccc1[N+](=O)[O-]. The molecule has 0 aromatic heterocycles. The van der Waals surface area contributed by atoms with Gasteiger partial charge in [0.25, 0.3) is 5.69 Å². The number of nitro benzene ring substituents is 1. The monoisotopic (exact) mass is 297 g/mol. The third-order valence-corrected chi connectivity index (χ3v) is 3.02. The molecule has 0 aliphatic heterocycles. The van der Waals surface area contributed by atoms with E-state index in [4.69, 9.17) is 4.74 Å². The van der Waals surface area contributed by atoms with E-state index in [0.29, 0.717) is 16.7 Å². The van der Waals surface area contributed by atoms with Crippen LogP contribution in [-0.2, 0) is 9.53 Å². The Morgan fingerprint density at radius 3 is 2.41 bits per heavy atom. The summed E-state index contributed by atoms with van der Waals surface area (Å²) in [6, 6.07) is 15.4. The van der Waals surface area contributed by atoms with Gasteiger partial charge in [-0.05, 0) is 18.6 Å². The topological polar surface area (TPSA) is 69.4 Å². The first kappa shape index (κ1) is 15.4. The van der Waals surface area contributed by atoms with E-state index in [1.54, 1.807) is 37.3 Å². The molecule has 0 aliphatic rings. The van der Waals surface area contributed by atoms with Crippen molar-refractivity contribution >= 4 is 17.2 Å². The van der Waals surface area contributed by atoms with Crippen LogP contribution in [0.25, 0.3) is 5.57 Å². The molecule has 0 radical (unpaired) electrons. The van der Waals surface area contributed by atoms with Gasteiger partial charge in [-0.1, -0.05) is 42.5 Å². The average molecular weight is 297 g/mol. The number of rotatable bonds is 5. The molecule has 0 fully saturated rings. The van der Waals surface area contributed by atoms with E-state index in [9.17, 15) is 14.9 Å². The summed E-state index contributed by atoms with van der Waals surface area (Å²) in [4.78, 5) is 22.6. The normalized spacial score (nSPS) is 11.0. The molecule has 2 aromatic carbocycles. The van der Waals surface area contributed by atoms with Crippen molar-refractivity contribution in [2.75, 3.05) is 6.61 Å². The van der Waals surface area contributed by atoms with Crippen LogP contribution in [-0.4, -0.2) is 17.5 Å². The van der Waals surface area contributed by atoms with Crippen LogP contribution in [0, 0.1) is 10.1 Å². The van der Waals surface area contributed by atoms with Crippen LogP contribution in [0.1, 0.15) is 18.1 Å². The van der Waals surface area contributed by atoms with Crippen molar-refractivity contribution in [3.63, 3.8) is 0 Å². The molecular weight excluding hydrogens is 282 g/mol. The van der Waals surface area contributed by atoms with Gasteiger partial charge in [-0.25, -0.2) is 4.79 Å². The van der Waals surface area contributed by atoms with E-state index < -0.39 is 10.9 Å². The Bertz CT molecular complexity index is 708. The lowest BCUT2D eigenvalue weighted by Crippen LogP contribution is -2.03. The number of benzene rings is 2. The van der Waals surface area contributed by atoms with E-state index in [-0.39, 0.29) is 12.3 Å². The van der Waals surface area contributed by atoms with Crippen LogP contribution in [0.3, 0.4) is 0 Å². The number of hydrogen-bond donors (Lipinski definition) is 0. The molecule has 0 aliphatic carbocycles. The predicted molar refractivity (Wildman–Crippen MR) is 83.3 cm³/mol. The molecular formula is C17H15NO4. The lowest BCUT2D eigenvalue weighted by atomic mass is 9.96. The fourth-order valence-electron chi connectivity index (χ4n) is 2.10. The molecule has 0 saturated heterocycles. The number of nitro groups is 1. The number of hydrogen-bond acceptors (Lipinski definition) is 4. The number of carbonyl (C=O) groups is 1. The number of ether oxygens (including phenoxy) is 1. The van der Waals surface area contributed by atoms with Crippen molar-refractivity contribution in [1.82, 2.24) is 0 Å². The average Bonchev–Trinajstić information content (AvgIpc) is 2.53. The minimum Gasteiger partial charge on any atom is -0.463 e. The fourth-order valence-corrected chi connectivity index (χ4v) is 2.10. The van der Waals surface area contributed by atoms with Crippen molar-refractivity contribution in [3.05, 3.63) is 81.9 Å². The maximum atomic E-state index is 11.8. The minimum atomic E-state index is -0.528. The summed E-state index contributed by atoms with van der Waals surface area (Å²) in [5.41, 5.74) is 1.50. The summed E-state index contributed by atoms with van der Waals surface area (Å²) in [6.07, 6.45) is 1.29. The van der Waals surface area contributed by atoms with Crippen LogP contribution in [0.5, 0.6) is 0 Å². The van der Waals surface area contributed by atoms with Crippen molar-refractivity contribution in [2.24, 2.45) is 0 Å². The zero-order valence-electron chi connectivity index (χ0n) is 12.1. The quantitative estimate of drug-likeness (QED) is 0.366. The number of carbonyl (C=O) groups excluding carboxylic acids is 1. The molecule has 2 aromatic rings. The second-order valence-electron chi connectivity index (χ2n) is 4.45. The first-order valence-corrected chi connectivity index (χ1v) is 6.81. The molecule has 0 heterocycles. The summed E-state index contributed by atoms with van der Waals surface area (Å²) >= 11 is 0. The molecule has 0 spiro atoms. The molecule has 0 N–H and O–H groups in total. The Labute approximate surface area is 128 Å². The molecule has 0 bridgehead atoms. The summed E-state index contributed by atoms with van der Waals surface area (Å²) in [5, 5.41) is 11.2. The van der Waals surface area contributed by atoms with E-state index in [0.717, 1.165) is 0 Å². The summed E-state index contributed by atoms with van der Waals surface area (Å²) in [6.45, 7) is 1.95. The van der Waals surface area contributed by atoms with Crippen LogP contribution in [0.2, 0.25) is 0 Å². The number of para-hydroxylation sites is 1. The second-order valence-corrected chi connectivity index (χ2v) is 4.45. The van der Waals surface area contributed by atoms with Crippen molar-refractivity contribution in [1.29, 1.82) is 0 Å². The fraction of sp³-hybridized carbons (Fsp3) is 0.118. The van der Waals surface area contributed by atoms with E-state index in [1.807, 2.05) is 18.2 Å². The Hall–Kier alpha value is -2.95. The third-order valence-electron chi connectivity index (χ3n) is 3.02. The molecule has 112 valence electrons. The lowest BCUT2D eigenvalue weighted by Gasteiger charge is -2.09. The van der Waals surface area contributed by atoms with Crippen molar-refractivity contribution < 1.29 is 14.5 Å². The van der Waals surface area contributed by atoms with E-state index >= 15 is 0 Å². The maximum absolute atomic E-state index is 11.8. The Morgan fingerprint density at radius 2 is 1.77 bits per heavy atom. The summed E-state index contributed by atoms with van der Waals surface area (Å²) < 4.78 is 4.93. The zero-order valence-corrected chi connectivity index (χ0v) is 12.1. The van der Waals surface area contributed by atoms with Gasteiger partial charge in [0, 0.05) is 17.7 Å². The van der Waals surface area contributed by atoms with Gasteiger partial charge in [-0.15, -0.1) is 0 Å². The number of esters is 1. The molecule has 0 unspecified atom stereocenters. The Balaban J connectivity index is 2.60. The zero-order chi connectivity index (χ0) is 15.9. The van der Waals surface area contributed by atoms with Gasteiger partial charge in [0.1, 0.15) is 0 Å². The second kappa shape index (κ2) is 7.17. The molecule has 22 heavy (non-hydrogen) atoms. The summed E-state index contributed by atoms with van der Waals surface area (Å²) in [7, 11) is 0. The first-order valence-electron chi connectivity index (χ1n) is 6.81. The molecule has 5 nitrogen and oxygen atoms in total. The Morgan fingerprint density at radius 1 is 1.14 bits per heavy atom. The van der Waals surface area contributed by atoms with Crippen molar-refractivity contribution in [3.8, 4) is 0 Å². The van der Waals surface area contributed by atoms with Crippen LogP contribution in [0.15, 0.2) is 60.7 Å². The highest BCUT2D eigenvalue weighted by Gasteiger charge is 2.18. The predicted octanol–water partition coefficient (Wildman–Crippen LogP) is 3.59. The van der Waals surface area contributed by atoms with Crippen LogP contribution < -0.4 is 0 Å². The minimum absolute atomic E-state index is 0.0538. The highest BCUT2D eigenvalue weighted by molar-refractivity contribution is 5.97. The van der Waals surface area contributed by atoms with Gasteiger partial charge in [-0.3, -0.25) is 10.1 Å². The van der Waals surface area contributed by atoms with Crippen molar-refractivity contribution in [2.45, 2.75) is 6.92 Å². The first-order chi connectivity index (χ1) is 10.6. The van der Waals surface area contributed by atoms with E-state index in [1.165, 1.54) is 12.1 Å². The Kier molecular flexibility index (Phi) is 5.03. The lowest BCUT2D eigenvalue weighted by molar-refractivity contribution is -0.385. The van der Waals surface area contributed by atoms with Crippen LogP contribution >= 0.6 is 0 Å². The number of nitrogens with zero attached hydrogens (tertiary/aromatic N) is 1. The van der Waals surface area contributed by atoms with Gasteiger partial charge in [0.15, 0.2) is 0 Å². The van der Waals surface area contributed by atoms with Gasteiger partial charge in [0.2, 0.25) is 0 Å². The van der Waals surface area contributed by atoms with Gasteiger partial charge in [-0.2, -0.15) is 0 Å². The van der Waals surface area contributed by atoms with Gasteiger partial charge < -0.3 is 4.74 Å².